The number of benzene rings is 1. The van der Waals surface area contributed by atoms with Crippen molar-refractivity contribution in [1.82, 2.24) is 9.78 Å². The number of nitrogens with zero attached hydrogens (tertiary/aromatic N) is 3. The fourth-order valence-electron chi connectivity index (χ4n) is 2.56. The summed E-state index contributed by atoms with van der Waals surface area (Å²) in [5, 5.41) is 4.33. The molecule has 0 radical (unpaired) electrons. The van der Waals surface area contributed by atoms with Gasteiger partial charge in [0, 0.05) is 37.1 Å². The van der Waals surface area contributed by atoms with E-state index >= 15 is 0 Å². The number of carbonyl (C=O) groups excluding carboxylic acids is 1. The average molecular weight is 311 g/mol. The standard InChI is InChI=1S/C18H21N3O2/c1-2-21-10-9-16(19-21)5-8-18(22)15-3-6-17(7-4-15)20-11-13-23-14-12-20/h3-10H,2,11-14H2,1H3/b8-5+. The van der Waals surface area contributed by atoms with E-state index in [0.29, 0.717) is 5.56 Å². The van der Waals surface area contributed by atoms with Crippen LogP contribution in [0.5, 0.6) is 0 Å². The molecule has 1 aromatic carbocycles. The van der Waals surface area contributed by atoms with Crippen molar-refractivity contribution in [2.45, 2.75) is 13.5 Å². The number of hydrogen-bond acceptors (Lipinski definition) is 4. The summed E-state index contributed by atoms with van der Waals surface area (Å²) in [7, 11) is 0. The van der Waals surface area contributed by atoms with Gasteiger partial charge in [0.05, 0.1) is 18.9 Å². The number of allylic oxidation sites excluding steroid dienone is 1. The Balaban J connectivity index is 1.65. The molecule has 1 aliphatic rings. The largest absolute Gasteiger partial charge is 0.378 e. The van der Waals surface area contributed by atoms with Crippen LogP contribution in [0, 0.1) is 0 Å². The lowest BCUT2D eigenvalue weighted by molar-refractivity contribution is 0.104. The Kier molecular flexibility index (Phi) is 4.88. The maximum atomic E-state index is 12.2. The van der Waals surface area contributed by atoms with Crippen LogP contribution in [-0.4, -0.2) is 41.9 Å². The van der Waals surface area contributed by atoms with Gasteiger partial charge in [0.15, 0.2) is 5.78 Å². The normalized spacial score (nSPS) is 15.3. The third kappa shape index (κ3) is 3.87. The monoisotopic (exact) mass is 311 g/mol. The van der Waals surface area contributed by atoms with Crippen LogP contribution in [0.3, 0.4) is 0 Å². The zero-order valence-corrected chi connectivity index (χ0v) is 13.3. The number of morpholine rings is 1. The number of anilines is 1. The SMILES string of the molecule is CCn1ccc(/C=C/C(=O)c2ccc(N3CCOCC3)cc2)n1. The van der Waals surface area contributed by atoms with Gasteiger partial charge in [-0.3, -0.25) is 9.48 Å². The third-order valence-corrected chi connectivity index (χ3v) is 3.92. The van der Waals surface area contributed by atoms with Gasteiger partial charge in [-0.15, -0.1) is 0 Å². The molecule has 2 heterocycles. The van der Waals surface area contributed by atoms with Gasteiger partial charge in [0.2, 0.25) is 0 Å². The van der Waals surface area contributed by atoms with E-state index in [2.05, 4.69) is 10.00 Å². The highest BCUT2D eigenvalue weighted by atomic mass is 16.5. The van der Waals surface area contributed by atoms with E-state index in [1.54, 1.807) is 12.2 Å². The molecule has 5 nitrogen and oxygen atoms in total. The molecule has 3 rings (SSSR count). The van der Waals surface area contributed by atoms with E-state index < -0.39 is 0 Å². The van der Waals surface area contributed by atoms with Gasteiger partial charge in [0.25, 0.3) is 0 Å². The van der Waals surface area contributed by atoms with E-state index in [1.807, 2.05) is 48.1 Å². The molecule has 23 heavy (non-hydrogen) atoms. The Labute approximate surface area is 136 Å². The zero-order chi connectivity index (χ0) is 16.1. The van der Waals surface area contributed by atoms with Gasteiger partial charge in [-0.2, -0.15) is 5.10 Å². The van der Waals surface area contributed by atoms with Crippen LogP contribution < -0.4 is 4.90 Å². The number of ketones is 1. The predicted octanol–water partition coefficient (Wildman–Crippen LogP) is 2.64. The number of hydrogen-bond donors (Lipinski definition) is 0. The first-order chi connectivity index (χ1) is 11.3. The molecule has 0 amide bonds. The smallest absolute Gasteiger partial charge is 0.185 e. The van der Waals surface area contributed by atoms with Crippen molar-refractivity contribution in [2.24, 2.45) is 0 Å². The number of aryl methyl sites for hydroxylation is 1. The maximum absolute atomic E-state index is 12.2. The number of aromatic nitrogens is 2. The van der Waals surface area contributed by atoms with Crippen molar-refractivity contribution in [2.75, 3.05) is 31.2 Å². The zero-order valence-electron chi connectivity index (χ0n) is 13.3. The summed E-state index contributed by atoms with van der Waals surface area (Å²) >= 11 is 0. The Morgan fingerprint density at radius 2 is 1.96 bits per heavy atom. The molecule has 0 bridgehead atoms. The lowest BCUT2D eigenvalue weighted by Crippen LogP contribution is -2.36. The summed E-state index contributed by atoms with van der Waals surface area (Å²) in [4.78, 5) is 14.5. The predicted molar refractivity (Wildman–Crippen MR) is 90.7 cm³/mol. The van der Waals surface area contributed by atoms with Crippen LogP contribution in [0.4, 0.5) is 5.69 Å². The lowest BCUT2D eigenvalue weighted by Gasteiger charge is -2.28. The first-order valence-electron chi connectivity index (χ1n) is 7.95. The van der Waals surface area contributed by atoms with Crippen molar-refractivity contribution in [3.8, 4) is 0 Å². The molecule has 2 aromatic rings. The minimum atomic E-state index is -0.00965. The molecule has 0 N–H and O–H groups in total. The molecule has 120 valence electrons. The van der Waals surface area contributed by atoms with Gasteiger partial charge < -0.3 is 9.64 Å². The van der Waals surface area contributed by atoms with Crippen molar-refractivity contribution in [1.29, 1.82) is 0 Å². The highest BCUT2D eigenvalue weighted by Gasteiger charge is 2.11. The molecule has 1 aromatic heterocycles. The Bertz CT molecular complexity index is 683. The molecule has 1 aliphatic heterocycles. The summed E-state index contributed by atoms with van der Waals surface area (Å²) < 4.78 is 7.19. The number of carbonyl (C=O) groups is 1. The van der Waals surface area contributed by atoms with Crippen LogP contribution in [0.25, 0.3) is 6.08 Å². The second kappa shape index (κ2) is 7.24. The second-order valence-corrected chi connectivity index (χ2v) is 5.44. The lowest BCUT2D eigenvalue weighted by atomic mass is 10.1. The fourth-order valence-corrected chi connectivity index (χ4v) is 2.56. The highest BCUT2D eigenvalue weighted by Crippen LogP contribution is 2.17. The van der Waals surface area contributed by atoms with Crippen molar-refractivity contribution >= 4 is 17.5 Å². The number of rotatable bonds is 5. The van der Waals surface area contributed by atoms with E-state index in [0.717, 1.165) is 44.2 Å². The van der Waals surface area contributed by atoms with Crippen LogP contribution in [0.2, 0.25) is 0 Å². The van der Waals surface area contributed by atoms with Crippen LogP contribution >= 0.6 is 0 Å². The highest BCUT2D eigenvalue weighted by molar-refractivity contribution is 6.06. The Morgan fingerprint density at radius 1 is 1.22 bits per heavy atom. The number of ether oxygens (including phenoxy) is 1. The molecule has 0 atom stereocenters. The van der Waals surface area contributed by atoms with E-state index in [4.69, 9.17) is 4.74 Å². The van der Waals surface area contributed by atoms with E-state index in [9.17, 15) is 4.79 Å². The van der Waals surface area contributed by atoms with Crippen molar-refractivity contribution < 1.29 is 9.53 Å². The van der Waals surface area contributed by atoms with Gasteiger partial charge in [-0.05, 0) is 49.4 Å². The summed E-state index contributed by atoms with van der Waals surface area (Å²) in [6.45, 7) is 6.16. The summed E-state index contributed by atoms with van der Waals surface area (Å²) in [6.07, 6.45) is 5.23. The second-order valence-electron chi connectivity index (χ2n) is 5.44. The molecule has 0 saturated carbocycles. The summed E-state index contributed by atoms with van der Waals surface area (Å²) in [6, 6.07) is 9.65. The van der Waals surface area contributed by atoms with E-state index in [-0.39, 0.29) is 5.78 Å². The third-order valence-electron chi connectivity index (χ3n) is 3.92. The topological polar surface area (TPSA) is 47.4 Å². The van der Waals surface area contributed by atoms with Gasteiger partial charge in [-0.1, -0.05) is 0 Å². The molecule has 0 aliphatic carbocycles. The molecule has 1 saturated heterocycles. The average Bonchev–Trinajstić information content (AvgIpc) is 3.09. The minimum absolute atomic E-state index is 0.00965. The molecule has 0 unspecified atom stereocenters. The van der Waals surface area contributed by atoms with Crippen LogP contribution in [0.1, 0.15) is 23.0 Å². The summed E-state index contributed by atoms with van der Waals surface area (Å²) in [5.41, 5.74) is 2.62. The maximum Gasteiger partial charge on any atom is 0.185 e. The molecular weight excluding hydrogens is 290 g/mol. The van der Waals surface area contributed by atoms with Gasteiger partial charge in [0.1, 0.15) is 0 Å². The first-order valence-corrected chi connectivity index (χ1v) is 7.95. The minimum Gasteiger partial charge on any atom is -0.378 e. The Morgan fingerprint density at radius 3 is 2.61 bits per heavy atom. The molecule has 1 fully saturated rings. The van der Waals surface area contributed by atoms with Crippen molar-refractivity contribution in [3.63, 3.8) is 0 Å². The van der Waals surface area contributed by atoms with Crippen LogP contribution in [-0.2, 0) is 11.3 Å². The molecule has 0 spiro atoms. The van der Waals surface area contributed by atoms with Gasteiger partial charge >= 0.3 is 0 Å². The quantitative estimate of drug-likeness (QED) is 0.629. The first kappa shape index (κ1) is 15.5. The van der Waals surface area contributed by atoms with Crippen molar-refractivity contribution in [3.05, 3.63) is 53.9 Å². The summed E-state index contributed by atoms with van der Waals surface area (Å²) in [5.74, 6) is -0.00965. The Hall–Kier alpha value is -2.40. The fraction of sp³-hybridized carbons (Fsp3) is 0.333. The van der Waals surface area contributed by atoms with Gasteiger partial charge in [-0.25, -0.2) is 0 Å². The molecular formula is C18H21N3O2. The van der Waals surface area contributed by atoms with E-state index in [1.165, 1.54) is 0 Å². The molecule has 5 heteroatoms. The van der Waals surface area contributed by atoms with Crippen LogP contribution in [0.15, 0.2) is 42.6 Å².